The maximum atomic E-state index is 6.20. The molecular formula is C14H15Cl2NO. The molecule has 0 fully saturated rings. The summed E-state index contributed by atoms with van der Waals surface area (Å²) in [5.74, 6) is 0. The number of likely N-dealkylation sites (N-methyl/N-ethyl adjacent to an activating group) is 1. The molecule has 18 heavy (non-hydrogen) atoms. The molecule has 2 rings (SSSR count). The fraction of sp³-hybridized carbons (Fsp3) is 0.286. The molecule has 1 heterocycles. The minimum Gasteiger partial charge on any atom is -0.472 e. The minimum atomic E-state index is 0.158. The Balaban J connectivity index is 2.24. The van der Waals surface area contributed by atoms with Crippen molar-refractivity contribution in [2.45, 2.75) is 19.4 Å². The third kappa shape index (κ3) is 3.08. The van der Waals surface area contributed by atoms with Gasteiger partial charge >= 0.3 is 0 Å². The van der Waals surface area contributed by atoms with Crippen LogP contribution in [0.2, 0.25) is 10.0 Å². The van der Waals surface area contributed by atoms with Crippen molar-refractivity contribution in [1.29, 1.82) is 0 Å². The molecule has 0 saturated carbocycles. The first kappa shape index (κ1) is 13.5. The minimum absolute atomic E-state index is 0.158. The highest BCUT2D eigenvalue weighted by molar-refractivity contribution is 6.36. The van der Waals surface area contributed by atoms with Gasteiger partial charge in [-0.15, -0.1) is 0 Å². The van der Waals surface area contributed by atoms with Crippen LogP contribution >= 0.6 is 23.2 Å². The molecule has 0 aliphatic heterocycles. The van der Waals surface area contributed by atoms with Crippen molar-refractivity contribution in [3.63, 3.8) is 0 Å². The zero-order chi connectivity index (χ0) is 13.0. The van der Waals surface area contributed by atoms with Gasteiger partial charge in [0, 0.05) is 21.7 Å². The normalized spacial score (nSPS) is 12.6. The molecule has 1 unspecified atom stereocenters. The Morgan fingerprint density at radius 1 is 1.22 bits per heavy atom. The van der Waals surface area contributed by atoms with Gasteiger partial charge in [0.25, 0.3) is 0 Å². The number of hydrogen-bond donors (Lipinski definition) is 1. The Hall–Kier alpha value is -0.960. The van der Waals surface area contributed by atoms with E-state index in [0.717, 1.165) is 24.1 Å². The average Bonchev–Trinajstić information content (AvgIpc) is 2.86. The van der Waals surface area contributed by atoms with Gasteiger partial charge in [-0.05, 0) is 36.7 Å². The lowest BCUT2D eigenvalue weighted by Crippen LogP contribution is -2.22. The van der Waals surface area contributed by atoms with E-state index in [-0.39, 0.29) is 6.04 Å². The molecule has 1 atom stereocenters. The van der Waals surface area contributed by atoms with Gasteiger partial charge in [0.15, 0.2) is 0 Å². The van der Waals surface area contributed by atoms with Gasteiger partial charge in [0.05, 0.1) is 12.5 Å². The number of hydrogen-bond acceptors (Lipinski definition) is 2. The summed E-state index contributed by atoms with van der Waals surface area (Å²) in [6, 6.07) is 7.69. The maximum Gasteiger partial charge on any atom is 0.0950 e. The second-order valence-electron chi connectivity index (χ2n) is 4.07. The summed E-state index contributed by atoms with van der Waals surface area (Å²) >= 11 is 12.4. The molecule has 0 saturated heterocycles. The van der Waals surface area contributed by atoms with Crippen molar-refractivity contribution in [2.75, 3.05) is 6.54 Å². The van der Waals surface area contributed by atoms with Crippen molar-refractivity contribution in [3.8, 4) is 0 Å². The third-order valence-corrected chi connectivity index (χ3v) is 3.57. The smallest absolute Gasteiger partial charge is 0.0950 e. The Morgan fingerprint density at radius 2 is 1.94 bits per heavy atom. The highest BCUT2D eigenvalue weighted by Crippen LogP contribution is 2.29. The molecule has 0 spiro atoms. The first-order valence-corrected chi connectivity index (χ1v) is 6.66. The largest absolute Gasteiger partial charge is 0.472 e. The van der Waals surface area contributed by atoms with Crippen molar-refractivity contribution >= 4 is 23.2 Å². The van der Waals surface area contributed by atoms with Crippen LogP contribution in [0.1, 0.15) is 24.1 Å². The highest BCUT2D eigenvalue weighted by atomic mass is 35.5. The van der Waals surface area contributed by atoms with Crippen LogP contribution in [0.4, 0.5) is 0 Å². The van der Waals surface area contributed by atoms with Crippen molar-refractivity contribution in [2.24, 2.45) is 0 Å². The van der Waals surface area contributed by atoms with Gasteiger partial charge in [0.2, 0.25) is 0 Å². The summed E-state index contributed by atoms with van der Waals surface area (Å²) in [5, 5.41) is 4.82. The Morgan fingerprint density at radius 3 is 2.50 bits per heavy atom. The van der Waals surface area contributed by atoms with Crippen LogP contribution in [0.3, 0.4) is 0 Å². The lowest BCUT2D eigenvalue weighted by Gasteiger charge is -2.18. The van der Waals surface area contributed by atoms with E-state index in [9.17, 15) is 0 Å². The molecule has 0 amide bonds. The number of benzene rings is 1. The number of nitrogens with one attached hydrogen (secondary N) is 1. The van der Waals surface area contributed by atoms with Crippen LogP contribution in [0, 0.1) is 0 Å². The Bertz CT molecular complexity index is 476. The molecule has 1 aromatic carbocycles. The molecule has 1 N–H and O–H groups in total. The van der Waals surface area contributed by atoms with E-state index in [1.807, 2.05) is 24.3 Å². The number of furan rings is 1. The summed E-state index contributed by atoms with van der Waals surface area (Å²) in [7, 11) is 0. The van der Waals surface area contributed by atoms with Crippen molar-refractivity contribution < 1.29 is 4.42 Å². The van der Waals surface area contributed by atoms with E-state index in [4.69, 9.17) is 27.6 Å². The molecular weight excluding hydrogens is 269 g/mol. The highest BCUT2D eigenvalue weighted by Gasteiger charge is 2.16. The van der Waals surface area contributed by atoms with Crippen LogP contribution < -0.4 is 5.32 Å². The lowest BCUT2D eigenvalue weighted by molar-refractivity contribution is 0.525. The monoisotopic (exact) mass is 283 g/mol. The van der Waals surface area contributed by atoms with Crippen LogP contribution in [-0.2, 0) is 6.42 Å². The molecule has 96 valence electrons. The van der Waals surface area contributed by atoms with E-state index >= 15 is 0 Å². The molecule has 4 heteroatoms. The second-order valence-corrected chi connectivity index (χ2v) is 4.89. The quantitative estimate of drug-likeness (QED) is 0.875. The second kappa shape index (κ2) is 6.28. The zero-order valence-corrected chi connectivity index (χ0v) is 11.6. The van der Waals surface area contributed by atoms with Gasteiger partial charge in [0.1, 0.15) is 0 Å². The van der Waals surface area contributed by atoms with Gasteiger partial charge in [-0.1, -0.05) is 36.2 Å². The van der Waals surface area contributed by atoms with Crippen LogP contribution in [-0.4, -0.2) is 6.54 Å². The predicted molar refractivity (Wildman–Crippen MR) is 75.3 cm³/mol. The fourth-order valence-corrected chi connectivity index (χ4v) is 2.51. The zero-order valence-electron chi connectivity index (χ0n) is 10.1. The Labute approximate surface area is 117 Å². The first-order chi connectivity index (χ1) is 8.72. The van der Waals surface area contributed by atoms with E-state index in [1.165, 1.54) is 0 Å². The lowest BCUT2D eigenvalue weighted by atomic mass is 10.0. The molecule has 2 aromatic rings. The van der Waals surface area contributed by atoms with Gasteiger partial charge in [-0.2, -0.15) is 0 Å². The SMILES string of the molecule is CCNC(Cc1c(Cl)cccc1Cl)c1ccoc1. The standard InChI is InChI=1S/C14H15Cl2NO/c1-2-17-14(10-6-7-18-9-10)8-11-12(15)4-3-5-13(11)16/h3-7,9,14,17H,2,8H2,1H3. The maximum absolute atomic E-state index is 6.20. The van der Waals surface area contributed by atoms with Gasteiger partial charge in [-0.25, -0.2) is 0 Å². The van der Waals surface area contributed by atoms with Gasteiger partial charge in [-0.3, -0.25) is 0 Å². The molecule has 0 bridgehead atoms. The molecule has 0 radical (unpaired) electrons. The summed E-state index contributed by atoms with van der Waals surface area (Å²) in [6.45, 7) is 2.94. The molecule has 2 nitrogen and oxygen atoms in total. The van der Waals surface area contributed by atoms with Crippen molar-refractivity contribution in [1.82, 2.24) is 5.32 Å². The third-order valence-electron chi connectivity index (χ3n) is 2.87. The predicted octanol–water partition coefficient (Wildman–Crippen LogP) is 4.48. The van der Waals surface area contributed by atoms with E-state index in [1.54, 1.807) is 12.5 Å². The van der Waals surface area contributed by atoms with Crippen molar-refractivity contribution in [3.05, 3.63) is 58.0 Å². The van der Waals surface area contributed by atoms with E-state index in [0.29, 0.717) is 10.0 Å². The Kier molecular flexibility index (Phi) is 4.70. The number of halogens is 2. The van der Waals surface area contributed by atoms with Gasteiger partial charge < -0.3 is 9.73 Å². The van der Waals surface area contributed by atoms with Crippen LogP contribution in [0.25, 0.3) is 0 Å². The summed E-state index contributed by atoms with van der Waals surface area (Å²) in [5.41, 5.74) is 2.07. The summed E-state index contributed by atoms with van der Waals surface area (Å²) in [4.78, 5) is 0. The fourth-order valence-electron chi connectivity index (χ4n) is 1.96. The topological polar surface area (TPSA) is 25.2 Å². The summed E-state index contributed by atoms with van der Waals surface area (Å²) in [6.07, 6.45) is 4.16. The summed E-state index contributed by atoms with van der Waals surface area (Å²) < 4.78 is 5.13. The average molecular weight is 284 g/mol. The van der Waals surface area contributed by atoms with E-state index < -0.39 is 0 Å². The molecule has 1 aromatic heterocycles. The van der Waals surface area contributed by atoms with Crippen LogP contribution in [0.5, 0.6) is 0 Å². The van der Waals surface area contributed by atoms with E-state index in [2.05, 4.69) is 12.2 Å². The molecule has 0 aliphatic rings. The molecule has 0 aliphatic carbocycles. The van der Waals surface area contributed by atoms with Crippen LogP contribution in [0.15, 0.2) is 41.2 Å². The first-order valence-electron chi connectivity index (χ1n) is 5.90. The number of rotatable bonds is 5.